The van der Waals surface area contributed by atoms with E-state index in [2.05, 4.69) is 21.8 Å². The Morgan fingerprint density at radius 1 is 1.15 bits per heavy atom. The monoisotopic (exact) mass is 291 g/mol. The summed E-state index contributed by atoms with van der Waals surface area (Å²) in [5.41, 5.74) is 2.13. The highest BCUT2D eigenvalue weighted by Crippen LogP contribution is 2.16. The molecule has 5 nitrogen and oxygen atoms in total. The van der Waals surface area contributed by atoms with Gasteiger partial charge in [-0.3, -0.25) is 4.72 Å². The summed E-state index contributed by atoms with van der Waals surface area (Å²) < 4.78 is 24.5. The zero-order chi connectivity index (χ0) is 14.6. The molecule has 0 bridgehead atoms. The van der Waals surface area contributed by atoms with Crippen LogP contribution in [0.3, 0.4) is 0 Å². The number of aromatic nitrogens is 1. The van der Waals surface area contributed by atoms with Crippen molar-refractivity contribution in [1.82, 2.24) is 4.98 Å². The molecule has 0 saturated heterocycles. The average molecular weight is 291 g/mol. The molecule has 2 aromatic rings. The molecule has 0 spiro atoms. The summed E-state index contributed by atoms with van der Waals surface area (Å²) >= 11 is 0. The van der Waals surface area contributed by atoms with Gasteiger partial charge in [0.15, 0.2) is 0 Å². The van der Waals surface area contributed by atoms with Gasteiger partial charge in [0, 0.05) is 13.6 Å². The largest absolute Gasteiger partial charge is 0.369 e. The van der Waals surface area contributed by atoms with Crippen LogP contribution in [0.5, 0.6) is 0 Å². The van der Waals surface area contributed by atoms with E-state index in [1.165, 1.54) is 5.56 Å². The number of nitrogens with one attached hydrogen (secondary N) is 1. The van der Waals surface area contributed by atoms with Crippen LogP contribution in [0.4, 0.5) is 11.5 Å². The lowest BCUT2D eigenvalue weighted by atomic mass is 10.2. The third kappa shape index (κ3) is 4.24. The second kappa shape index (κ2) is 5.92. The Bertz CT molecular complexity index is 655. The topological polar surface area (TPSA) is 62.3 Å². The lowest BCUT2D eigenvalue weighted by Gasteiger charge is -2.19. The van der Waals surface area contributed by atoms with Gasteiger partial charge in [-0.15, -0.1) is 0 Å². The number of hydrogen-bond donors (Lipinski definition) is 1. The van der Waals surface area contributed by atoms with Gasteiger partial charge in [0.2, 0.25) is 10.0 Å². The molecular formula is C14H17N3O2S. The zero-order valence-corrected chi connectivity index (χ0v) is 12.3. The molecule has 106 valence electrons. The van der Waals surface area contributed by atoms with Gasteiger partial charge in [0.1, 0.15) is 5.82 Å². The van der Waals surface area contributed by atoms with Crippen LogP contribution in [-0.4, -0.2) is 26.7 Å². The van der Waals surface area contributed by atoms with E-state index in [1.54, 1.807) is 12.3 Å². The van der Waals surface area contributed by atoms with Crippen LogP contribution < -0.4 is 9.62 Å². The van der Waals surface area contributed by atoms with Gasteiger partial charge >= 0.3 is 0 Å². The molecule has 0 atom stereocenters. The van der Waals surface area contributed by atoms with E-state index < -0.39 is 10.0 Å². The minimum Gasteiger partial charge on any atom is -0.369 e. The molecule has 1 aromatic heterocycles. The summed E-state index contributed by atoms with van der Waals surface area (Å²) in [4.78, 5) is 6.14. The molecule has 1 aromatic carbocycles. The lowest BCUT2D eigenvalue weighted by molar-refractivity contribution is 0.606. The van der Waals surface area contributed by atoms with Crippen LogP contribution in [0.25, 0.3) is 0 Å². The fraction of sp³-hybridized carbons (Fsp3) is 0.214. The van der Waals surface area contributed by atoms with E-state index in [-0.39, 0.29) is 0 Å². The molecule has 0 amide bonds. The van der Waals surface area contributed by atoms with E-state index in [9.17, 15) is 8.42 Å². The van der Waals surface area contributed by atoms with Crippen LogP contribution in [-0.2, 0) is 16.6 Å². The standard InChI is InChI=1S/C14H17N3O2S/c1-17(11-12-6-4-3-5-7-12)13-8-9-14(15-10-13)16-20(2,18)19/h3-10H,11H2,1-2H3,(H,15,16). The van der Waals surface area contributed by atoms with Crippen molar-refractivity contribution in [3.05, 3.63) is 54.2 Å². The average Bonchev–Trinajstić information content (AvgIpc) is 2.39. The second-order valence-electron chi connectivity index (χ2n) is 4.62. The maximum Gasteiger partial charge on any atom is 0.230 e. The summed E-state index contributed by atoms with van der Waals surface area (Å²) in [5, 5.41) is 0. The van der Waals surface area contributed by atoms with Crippen molar-refractivity contribution in [1.29, 1.82) is 0 Å². The number of sulfonamides is 1. The van der Waals surface area contributed by atoms with Gasteiger partial charge in [-0.05, 0) is 17.7 Å². The van der Waals surface area contributed by atoms with Gasteiger partial charge < -0.3 is 4.90 Å². The Balaban J connectivity index is 2.06. The van der Waals surface area contributed by atoms with Gasteiger partial charge in [0.25, 0.3) is 0 Å². The molecule has 0 aliphatic carbocycles. The zero-order valence-electron chi connectivity index (χ0n) is 11.4. The number of anilines is 2. The van der Waals surface area contributed by atoms with E-state index in [0.29, 0.717) is 5.82 Å². The molecule has 0 aliphatic rings. The molecule has 0 aliphatic heterocycles. The molecule has 0 radical (unpaired) electrons. The summed E-state index contributed by atoms with van der Waals surface area (Å²) in [6.45, 7) is 0.765. The molecular weight excluding hydrogens is 274 g/mol. The molecule has 0 fully saturated rings. The van der Waals surface area contributed by atoms with Crippen LogP contribution in [0, 0.1) is 0 Å². The predicted octanol–water partition coefficient (Wildman–Crippen LogP) is 2.09. The maximum absolute atomic E-state index is 11.1. The van der Waals surface area contributed by atoms with Crippen LogP contribution in [0.15, 0.2) is 48.7 Å². The number of pyridine rings is 1. The quantitative estimate of drug-likeness (QED) is 0.916. The number of rotatable bonds is 5. The van der Waals surface area contributed by atoms with Crippen molar-refractivity contribution in [2.75, 3.05) is 22.9 Å². The van der Waals surface area contributed by atoms with Gasteiger partial charge in [-0.1, -0.05) is 30.3 Å². The first kappa shape index (κ1) is 14.3. The predicted molar refractivity (Wildman–Crippen MR) is 81.3 cm³/mol. The first-order valence-electron chi connectivity index (χ1n) is 6.13. The Labute approximate surface area is 119 Å². The highest BCUT2D eigenvalue weighted by molar-refractivity contribution is 7.92. The van der Waals surface area contributed by atoms with Gasteiger partial charge in [-0.2, -0.15) is 0 Å². The highest BCUT2D eigenvalue weighted by Gasteiger charge is 2.05. The second-order valence-corrected chi connectivity index (χ2v) is 6.37. The molecule has 1 heterocycles. The Hall–Kier alpha value is -2.08. The SMILES string of the molecule is CN(Cc1ccccc1)c1ccc(NS(C)(=O)=O)nc1. The van der Waals surface area contributed by atoms with E-state index >= 15 is 0 Å². The fourth-order valence-electron chi connectivity index (χ4n) is 1.81. The van der Waals surface area contributed by atoms with Crippen LogP contribution in [0.2, 0.25) is 0 Å². The van der Waals surface area contributed by atoms with Gasteiger partial charge in [0.05, 0.1) is 18.1 Å². The number of benzene rings is 1. The van der Waals surface area contributed by atoms with Crippen LogP contribution >= 0.6 is 0 Å². The third-order valence-electron chi connectivity index (χ3n) is 2.74. The van der Waals surface area contributed by atoms with E-state index in [0.717, 1.165) is 18.5 Å². The first-order chi connectivity index (χ1) is 9.44. The van der Waals surface area contributed by atoms with E-state index in [4.69, 9.17) is 0 Å². The first-order valence-corrected chi connectivity index (χ1v) is 8.02. The molecule has 6 heteroatoms. The summed E-state index contributed by atoms with van der Waals surface area (Å²) in [7, 11) is -1.32. The highest BCUT2D eigenvalue weighted by atomic mass is 32.2. The molecule has 1 N–H and O–H groups in total. The van der Waals surface area contributed by atoms with Crippen molar-refractivity contribution in [3.8, 4) is 0 Å². The fourth-order valence-corrected chi connectivity index (χ4v) is 2.31. The van der Waals surface area contributed by atoms with Crippen molar-refractivity contribution in [2.24, 2.45) is 0 Å². The molecule has 2 rings (SSSR count). The Kier molecular flexibility index (Phi) is 4.24. The van der Waals surface area contributed by atoms with Crippen LogP contribution in [0.1, 0.15) is 5.56 Å². The molecule has 0 unspecified atom stereocenters. The van der Waals surface area contributed by atoms with Gasteiger partial charge in [-0.25, -0.2) is 13.4 Å². The maximum atomic E-state index is 11.1. The van der Waals surface area contributed by atoms with Crippen molar-refractivity contribution >= 4 is 21.5 Å². The Morgan fingerprint density at radius 2 is 1.85 bits per heavy atom. The number of hydrogen-bond acceptors (Lipinski definition) is 4. The van der Waals surface area contributed by atoms with Crippen molar-refractivity contribution in [3.63, 3.8) is 0 Å². The smallest absolute Gasteiger partial charge is 0.230 e. The van der Waals surface area contributed by atoms with Crippen molar-refractivity contribution in [2.45, 2.75) is 6.54 Å². The Morgan fingerprint density at radius 3 is 2.40 bits per heavy atom. The summed E-state index contributed by atoms with van der Waals surface area (Å²) in [5.74, 6) is 0.323. The minimum atomic E-state index is -3.28. The third-order valence-corrected chi connectivity index (χ3v) is 3.32. The van der Waals surface area contributed by atoms with Crippen molar-refractivity contribution < 1.29 is 8.42 Å². The minimum absolute atomic E-state index is 0.323. The lowest BCUT2D eigenvalue weighted by Crippen LogP contribution is -2.17. The molecule has 20 heavy (non-hydrogen) atoms. The molecule has 0 saturated carbocycles. The number of nitrogens with zero attached hydrogens (tertiary/aromatic N) is 2. The van der Waals surface area contributed by atoms with E-state index in [1.807, 2.05) is 36.2 Å². The summed E-state index contributed by atoms with van der Waals surface area (Å²) in [6.07, 6.45) is 2.75. The summed E-state index contributed by atoms with van der Waals surface area (Å²) in [6, 6.07) is 13.6. The normalized spacial score (nSPS) is 11.1.